The van der Waals surface area contributed by atoms with Gasteiger partial charge in [-0.1, -0.05) is 23.2 Å². The molecule has 2 nitrogen and oxygen atoms in total. The molecule has 1 aliphatic heterocycles. The van der Waals surface area contributed by atoms with Crippen LogP contribution in [-0.2, 0) is 0 Å². The molecule has 1 aliphatic rings. The lowest BCUT2D eigenvalue weighted by molar-refractivity contribution is 0.108. The van der Waals surface area contributed by atoms with E-state index in [1.807, 2.05) is 0 Å². The maximum Gasteiger partial charge on any atom is 0.228 e. The second-order valence-corrected chi connectivity index (χ2v) is 4.25. The molecule has 66 valence electrons. The van der Waals surface area contributed by atoms with Crippen LogP contribution in [-0.4, -0.2) is 10.2 Å². The Morgan fingerprint density at radius 1 is 0.923 bits per heavy atom. The van der Waals surface area contributed by atoms with Crippen molar-refractivity contribution in [3.05, 3.63) is 33.3 Å². The number of carbonyl (C=O) groups excluding carboxylic acids is 2. The number of benzene rings is 1. The van der Waals surface area contributed by atoms with E-state index >= 15 is 0 Å². The van der Waals surface area contributed by atoms with E-state index in [1.54, 1.807) is 0 Å². The highest BCUT2D eigenvalue weighted by Gasteiger charge is 2.29. The Morgan fingerprint density at radius 2 is 1.31 bits per heavy atom. The molecule has 1 heterocycles. The van der Waals surface area contributed by atoms with Gasteiger partial charge in [-0.3, -0.25) is 9.59 Å². The maximum absolute atomic E-state index is 11.2. The van der Waals surface area contributed by atoms with E-state index in [1.165, 1.54) is 12.1 Å². The number of fused-ring (bicyclic) bond motifs is 1. The highest BCUT2D eigenvalue weighted by Crippen LogP contribution is 2.35. The smallest absolute Gasteiger partial charge is 0.228 e. The average Bonchev–Trinajstić information content (AvgIpc) is 2.31. The first-order chi connectivity index (χ1) is 6.09. The molecule has 0 bridgehead atoms. The molecule has 13 heavy (non-hydrogen) atoms. The van der Waals surface area contributed by atoms with Crippen LogP contribution in [0.2, 0.25) is 10.0 Å². The van der Waals surface area contributed by atoms with Gasteiger partial charge in [0.1, 0.15) is 0 Å². The Kier molecular flexibility index (Phi) is 2.10. The fraction of sp³-hybridized carbons (Fsp3) is 0. The summed E-state index contributed by atoms with van der Waals surface area (Å²) in [5, 5.41) is 0.0604. The average molecular weight is 233 g/mol. The zero-order chi connectivity index (χ0) is 9.59. The molecule has 0 saturated carbocycles. The van der Waals surface area contributed by atoms with Crippen molar-refractivity contribution in [1.29, 1.82) is 0 Å². The third-order valence-electron chi connectivity index (χ3n) is 1.69. The van der Waals surface area contributed by atoms with Gasteiger partial charge in [0, 0.05) is 11.1 Å². The number of hydrogen-bond donors (Lipinski definition) is 0. The molecule has 0 radical (unpaired) electrons. The molecule has 1 aromatic rings. The molecule has 0 N–H and O–H groups in total. The Morgan fingerprint density at radius 3 is 1.69 bits per heavy atom. The summed E-state index contributed by atoms with van der Waals surface area (Å²) in [7, 11) is 0. The normalized spacial score (nSPS) is 14.9. The van der Waals surface area contributed by atoms with Crippen LogP contribution in [0.5, 0.6) is 0 Å². The number of carbonyl (C=O) groups is 2. The summed E-state index contributed by atoms with van der Waals surface area (Å²) in [6.07, 6.45) is 0. The highest BCUT2D eigenvalue weighted by atomic mass is 35.5. The predicted molar refractivity (Wildman–Crippen MR) is 52.7 cm³/mol. The third kappa shape index (κ3) is 1.37. The molecular weight excluding hydrogens is 231 g/mol. The van der Waals surface area contributed by atoms with E-state index < -0.39 is 0 Å². The number of thioether (sulfide) groups is 1. The first-order valence-corrected chi connectivity index (χ1v) is 4.92. The Labute approximate surface area is 88.2 Å². The van der Waals surface area contributed by atoms with Gasteiger partial charge in [0.05, 0.1) is 10.0 Å². The van der Waals surface area contributed by atoms with Gasteiger partial charge in [0.2, 0.25) is 10.2 Å². The summed E-state index contributed by atoms with van der Waals surface area (Å²) in [5.41, 5.74) is 0.703. The lowest BCUT2D eigenvalue weighted by Gasteiger charge is -1.97. The molecule has 0 saturated heterocycles. The van der Waals surface area contributed by atoms with Crippen LogP contribution in [0.1, 0.15) is 20.7 Å². The minimum atomic E-state index is -0.265. The van der Waals surface area contributed by atoms with Gasteiger partial charge in [-0.2, -0.15) is 0 Å². The summed E-state index contributed by atoms with van der Waals surface area (Å²) in [4.78, 5) is 22.4. The van der Waals surface area contributed by atoms with Crippen molar-refractivity contribution in [3.63, 3.8) is 0 Å². The van der Waals surface area contributed by atoms with E-state index in [-0.39, 0.29) is 10.2 Å². The minimum Gasteiger partial charge on any atom is -0.281 e. The van der Waals surface area contributed by atoms with Gasteiger partial charge < -0.3 is 0 Å². The standard InChI is InChI=1S/C8H2Cl2O2S/c9-5-1-3-4(2-6(5)10)8(12)13-7(3)11/h1-2H. The van der Waals surface area contributed by atoms with E-state index in [4.69, 9.17) is 23.2 Å². The van der Waals surface area contributed by atoms with Gasteiger partial charge >= 0.3 is 0 Å². The number of rotatable bonds is 0. The van der Waals surface area contributed by atoms with Crippen molar-refractivity contribution in [2.75, 3.05) is 0 Å². The van der Waals surface area contributed by atoms with E-state index in [9.17, 15) is 9.59 Å². The molecule has 0 unspecified atom stereocenters. The van der Waals surface area contributed by atoms with Crippen molar-refractivity contribution in [2.45, 2.75) is 0 Å². The van der Waals surface area contributed by atoms with E-state index in [0.29, 0.717) is 32.9 Å². The first-order valence-electron chi connectivity index (χ1n) is 3.35. The SMILES string of the molecule is O=C1SC(=O)c2cc(Cl)c(Cl)cc21. The van der Waals surface area contributed by atoms with Crippen LogP contribution >= 0.6 is 35.0 Å². The largest absolute Gasteiger partial charge is 0.281 e. The molecule has 0 atom stereocenters. The van der Waals surface area contributed by atoms with Crippen molar-refractivity contribution >= 4 is 45.2 Å². The van der Waals surface area contributed by atoms with E-state index in [0.717, 1.165) is 0 Å². The van der Waals surface area contributed by atoms with Crippen molar-refractivity contribution in [2.24, 2.45) is 0 Å². The van der Waals surface area contributed by atoms with E-state index in [2.05, 4.69) is 0 Å². The minimum absolute atomic E-state index is 0.265. The molecule has 0 amide bonds. The summed E-state index contributed by atoms with van der Waals surface area (Å²) < 4.78 is 0. The fourth-order valence-corrected chi connectivity index (χ4v) is 2.13. The Bertz CT molecular complexity index is 389. The highest BCUT2D eigenvalue weighted by molar-refractivity contribution is 8.27. The van der Waals surface area contributed by atoms with Crippen molar-refractivity contribution < 1.29 is 9.59 Å². The monoisotopic (exact) mass is 232 g/mol. The Balaban J connectivity index is 2.72. The zero-order valence-corrected chi connectivity index (χ0v) is 8.46. The summed E-state index contributed by atoms with van der Waals surface area (Å²) >= 11 is 12.1. The van der Waals surface area contributed by atoms with Crippen LogP contribution in [0.3, 0.4) is 0 Å². The molecule has 0 aromatic heterocycles. The van der Waals surface area contributed by atoms with Gasteiger partial charge in [0.15, 0.2) is 0 Å². The molecule has 5 heteroatoms. The lowest BCUT2D eigenvalue weighted by atomic mass is 10.1. The maximum atomic E-state index is 11.2. The van der Waals surface area contributed by atoms with Gasteiger partial charge in [-0.25, -0.2) is 0 Å². The second-order valence-electron chi connectivity index (χ2n) is 2.49. The third-order valence-corrected chi connectivity index (χ3v) is 3.22. The van der Waals surface area contributed by atoms with Gasteiger partial charge in [-0.05, 0) is 23.9 Å². The molecule has 2 rings (SSSR count). The van der Waals surface area contributed by atoms with Gasteiger partial charge in [0.25, 0.3) is 0 Å². The summed E-state index contributed by atoms with van der Waals surface area (Å²) in [6, 6.07) is 2.86. The quantitative estimate of drug-likeness (QED) is 0.690. The van der Waals surface area contributed by atoms with Gasteiger partial charge in [-0.15, -0.1) is 0 Å². The Hall–Kier alpha value is -0.510. The van der Waals surface area contributed by atoms with Crippen LogP contribution in [0.15, 0.2) is 12.1 Å². The van der Waals surface area contributed by atoms with Crippen molar-refractivity contribution in [1.82, 2.24) is 0 Å². The lowest BCUT2D eigenvalue weighted by Crippen LogP contribution is -1.90. The predicted octanol–water partition coefficient (Wildman–Crippen LogP) is 3.02. The zero-order valence-electron chi connectivity index (χ0n) is 6.14. The first kappa shape index (κ1) is 9.06. The molecule has 0 aliphatic carbocycles. The molecule has 0 fully saturated rings. The fourth-order valence-electron chi connectivity index (χ4n) is 1.08. The molecule has 1 aromatic carbocycles. The topological polar surface area (TPSA) is 34.1 Å². The summed E-state index contributed by atoms with van der Waals surface area (Å²) in [5.74, 6) is 0. The van der Waals surface area contributed by atoms with Crippen molar-refractivity contribution in [3.8, 4) is 0 Å². The molecule has 0 spiro atoms. The second kappa shape index (κ2) is 3.01. The number of halogens is 2. The summed E-state index contributed by atoms with van der Waals surface area (Å²) in [6.45, 7) is 0. The number of hydrogen-bond acceptors (Lipinski definition) is 3. The van der Waals surface area contributed by atoms with Crippen LogP contribution < -0.4 is 0 Å². The van der Waals surface area contributed by atoms with Crippen LogP contribution in [0.4, 0.5) is 0 Å². The molecular formula is C8H2Cl2O2S. The van der Waals surface area contributed by atoms with Crippen LogP contribution in [0.25, 0.3) is 0 Å². The van der Waals surface area contributed by atoms with Crippen LogP contribution in [0, 0.1) is 0 Å².